The fraction of sp³-hybridized carbons (Fsp3) is 0.462. The number of hydrogen-bond acceptors (Lipinski definition) is 1. The summed E-state index contributed by atoms with van der Waals surface area (Å²) >= 11 is 0. The van der Waals surface area contributed by atoms with Crippen LogP contribution in [0.25, 0.3) is 6.08 Å². The van der Waals surface area contributed by atoms with Crippen molar-refractivity contribution in [2.75, 3.05) is 0 Å². The van der Waals surface area contributed by atoms with Crippen LogP contribution < -0.4 is 10.7 Å². The second kappa shape index (κ2) is 3.37. The number of allylic oxidation sites excluding steroid dienone is 1. The summed E-state index contributed by atoms with van der Waals surface area (Å²) in [5, 5.41) is 1.24. The zero-order valence-electron chi connectivity index (χ0n) is 9.83. The van der Waals surface area contributed by atoms with Gasteiger partial charge in [0.05, 0.1) is 6.04 Å². The van der Waals surface area contributed by atoms with E-state index in [0.29, 0.717) is 0 Å². The van der Waals surface area contributed by atoms with Crippen molar-refractivity contribution in [2.24, 2.45) is 4.99 Å². The molecule has 2 nitrogen and oxygen atoms in total. The molecule has 1 aliphatic heterocycles. The fourth-order valence-corrected chi connectivity index (χ4v) is 1.88. The smallest absolute Gasteiger partial charge is 0.133 e. The predicted molar refractivity (Wildman–Crippen MR) is 63.3 cm³/mol. The summed E-state index contributed by atoms with van der Waals surface area (Å²) < 4.78 is 0. The second-order valence-corrected chi connectivity index (χ2v) is 5.14. The number of hydrogen-bond donors (Lipinski definition) is 1. The molecule has 1 aromatic heterocycles. The summed E-state index contributed by atoms with van der Waals surface area (Å²) in [4.78, 5) is 7.87. The number of aromatic amines is 1. The Bertz CT molecular complexity index is 498. The molecule has 0 bridgehead atoms. The molecule has 0 saturated heterocycles. The van der Waals surface area contributed by atoms with Gasteiger partial charge in [0, 0.05) is 11.4 Å². The molecule has 2 heteroatoms. The van der Waals surface area contributed by atoms with Crippen LogP contribution in [-0.2, 0) is 5.41 Å². The van der Waals surface area contributed by atoms with Gasteiger partial charge in [0.25, 0.3) is 0 Å². The molecule has 15 heavy (non-hydrogen) atoms. The largest absolute Gasteiger partial charge is 0.346 e. The van der Waals surface area contributed by atoms with Gasteiger partial charge in [-0.15, -0.1) is 0 Å². The number of H-pyrrole nitrogens is 1. The van der Waals surface area contributed by atoms with E-state index >= 15 is 0 Å². The highest BCUT2D eigenvalue weighted by Gasteiger charge is 2.17. The molecule has 1 aromatic rings. The average Bonchev–Trinajstić information content (AvgIpc) is 2.40. The van der Waals surface area contributed by atoms with Gasteiger partial charge in [-0.2, -0.15) is 0 Å². The highest BCUT2D eigenvalue weighted by Crippen LogP contribution is 2.17. The minimum absolute atomic E-state index is 0.164. The maximum atomic E-state index is 4.60. The Hall–Kier alpha value is -1.31. The maximum absolute atomic E-state index is 4.60. The molecule has 0 saturated carbocycles. The van der Waals surface area contributed by atoms with E-state index in [9.17, 15) is 0 Å². The van der Waals surface area contributed by atoms with Crippen molar-refractivity contribution >= 4 is 6.08 Å². The monoisotopic (exact) mass is 202 g/mol. The van der Waals surface area contributed by atoms with Gasteiger partial charge < -0.3 is 4.98 Å². The first-order chi connectivity index (χ1) is 6.98. The van der Waals surface area contributed by atoms with Gasteiger partial charge >= 0.3 is 0 Å². The number of fused-ring (bicyclic) bond motifs is 1. The van der Waals surface area contributed by atoms with Crippen molar-refractivity contribution in [1.29, 1.82) is 0 Å². The lowest BCUT2D eigenvalue weighted by atomic mass is 9.88. The van der Waals surface area contributed by atoms with Crippen LogP contribution in [-0.4, -0.2) is 11.0 Å². The van der Waals surface area contributed by atoms with Crippen molar-refractivity contribution in [2.45, 2.75) is 39.2 Å². The van der Waals surface area contributed by atoms with Crippen molar-refractivity contribution in [1.82, 2.24) is 4.98 Å². The molecule has 0 aliphatic carbocycles. The molecule has 2 rings (SSSR count). The Morgan fingerprint density at radius 3 is 2.73 bits per heavy atom. The molecule has 2 heterocycles. The summed E-state index contributed by atoms with van der Waals surface area (Å²) in [5.74, 6) is 0. The van der Waals surface area contributed by atoms with Crippen molar-refractivity contribution in [3.05, 3.63) is 34.6 Å². The molecule has 1 unspecified atom stereocenters. The molecular formula is C13H18N2. The van der Waals surface area contributed by atoms with E-state index < -0.39 is 0 Å². The average molecular weight is 202 g/mol. The molecule has 1 aliphatic rings. The lowest BCUT2D eigenvalue weighted by molar-refractivity contribution is 0.587. The van der Waals surface area contributed by atoms with Gasteiger partial charge in [0.15, 0.2) is 0 Å². The minimum atomic E-state index is 0.164. The first-order valence-corrected chi connectivity index (χ1v) is 5.43. The standard InChI is InChI=1S/C13H18N2/c1-9-6-5-7-10-11(13(2,3)4)8-14-12(10)15-9/h5-9H,1-4H3,(H,14,15). The molecule has 0 fully saturated rings. The highest BCUT2D eigenvalue weighted by molar-refractivity contribution is 5.42. The second-order valence-electron chi connectivity index (χ2n) is 5.14. The van der Waals surface area contributed by atoms with Crippen LogP contribution in [0.15, 0.2) is 23.3 Å². The van der Waals surface area contributed by atoms with Crippen molar-refractivity contribution in [3.63, 3.8) is 0 Å². The Kier molecular flexibility index (Phi) is 2.29. The fourth-order valence-electron chi connectivity index (χ4n) is 1.88. The van der Waals surface area contributed by atoms with E-state index in [1.54, 1.807) is 0 Å². The SMILES string of the molecule is CC1C=CC=c2c(C(C)(C)C)c[nH]c2=N1. The first-order valence-electron chi connectivity index (χ1n) is 5.43. The lowest BCUT2D eigenvalue weighted by Gasteiger charge is -2.16. The Balaban J connectivity index is 2.71. The van der Waals surface area contributed by atoms with E-state index in [2.05, 4.69) is 62.1 Å². The van der Waals surface area contributed by atoms with Crippen LogP contribution in [0.3, 0.4) is 0 Å². The Morgan fingerprint density at radius 2 is 2.07 bits per heavy atom. The van der Waals surface area contributed by atoms with Gasteiger partial charge in [-0.25, -0.2) is 0 Å². The summed E-state index contributed by atoms with van der Waals surface area (Å²) in [7, 11) is 0. The molecular weight excluding hydrogens is 184 g/mol. The van der Waals surface area contributed by atoms with Crippen molar-refractivity contribution < 1.29 is 0 Å². The molecule has 1 atom stereocenters. The third kappa shape index (κ3) is 1.89. The van der Waals surface area contributed by atoms with E-state index in [4.69, 9.17) is 0 Å². The number of aromatic nitrogens is 1. The third-order valence-electron chi connectivity index (χ3n) is 2.69. The number of nitrogens with zero attached hydrogens (tertiary/aromatic N) is 1. The van der Waals surface area contributed by atoms with Gasteiger partial charge in [0.2, 0.25) is 0 Å². The molecule has 0 amide bonds. The van der Waals surface area contributed by atoms with Gasteiger partial charge in [0.1, 0.15) is 5.49 Å². The minimum Gasteiger partial charge on any atom is -0.346 e. The lowest BCUT2D eigenvalue weighted by Crippen LogP contribution is -2.30. The molecule has 0 spiro atoms. The third-order valence-corrected chi connectivity index (χ3v) is 2.69. The summed E-state index contributed by atoms with van der Waals surface area (Å²) in [6, 6.07) is 0.258. The van der Waals surface area contributed by atoms with Crippen LogP contribution >= 0.6 is 0 Å². The molecule has 0 aromatic carbocycles. The summed E-state index contributed by atoms with van der Waals surface area (Å²) in [6.45, 7) is 8.77. The van der Waals surface area contributed by atoms with Crippen LogP contribution in [0.5, 0.6) is 0 Å². The van der Waals surface area contributed by atoms with E-state index in [-0.39, 0.29) is 11.5 Å². The van der Waals surface area contributed by atoms with Crippen LogP contribution in [0.2, 0.25) is 0 Å². The van der Waals surface area contributed by atoms with E-state index in [1.807, 2.05) is 0 Å². The van der Waals surface area contributed by atoms with Crippen LogP contribution in [0.1, 0.15) is 33.3 Å². The maximum Gasteiger partial charge on any atom is 0.133 e. The zero-order valence-corrected chi connectivity index (χ0v) is 9.83. The van der Waals surface area contributed by atoms with Gasteiger partial charge in [-0.1, -0.05) is 39.0 Å². The summed E-state index contributed by atoms with van der Waals surface area (Å²) in [6.07, 6.45) is 8.44. The predicted octanol–water partition coefficient (Wildman–Crippen LogP) is 1.67. The molecule has 0 radical (unpaired) electrons. The Labute approximate surface area is 90.4 Å². The quantitative estimate of drug-likeness (QED) is 0.663. The first kappa shape index (κ1) is 10.2. The zero-order chi connectivity index (χ0) is 11.1. The molecule has 1 N–H and O–H groups in total. The topological polar surface area (TPSA) is 28.1 Å². The van der Waals surface area contributed by atoms with Crippen molar-refractivity contribution in [3.8, 4) is 0 Å². The Morgan fingerprint density at radius 1 is 1.33 bits per heavy atom. The molecule has 80 valence electrons. The van der Waals surface area contributed by atoms with Gasteiger partial charge in [-0.05, 0) is 17.9 Å². The van der Waals surface area contributed by atoms with Crippen LogP contribution in [0.4, 0.5) is 0 Å². The highest BCUT2D eigenvalue weighted by atomic mass is 14.9. The van der Waals surface area contributed by atoms with Gasteiger partial charge in [-0.3, -0.25) is 4.99 Å². The van der Waals surface area contributed by atoms with E-state index in [1.165, 1.54) is 10.8 Å². The van der Waals surface area contributed by atoms with Crippen LogP contribution in [0, 0.1) is 0 Å². The normalized spacial score (nSPS) is 20.1. The summed E-state index contributed by atoms with van der Waals surface area (Å²) in [5.41, 5.74) is 2.51. The number of nitrogens with one attached hydrogen (secondary N) is 1. The number of rotatable bonds is 0. The van der Waals surface area contributed by atoms with E-state index in [0.717, 1.165) is 5.49 Å².